The quantitative estimate of drug-likeness (QED) is 0.799. The van der Waals surface area contributed by atoms with E-state index in [1.54, 1.807) is 6.07 Å². The van der Waals surface area contributed by atoms with Gasteiger partial charge in [-0.05, 0) is 53.4 Å². The second-order valence-electron chi connectivity index (χ2n) is 5.44. The van der Waals surface area contributed by atoms with Crippen molar-refractivity contribution in [1.82, 2.24) is 10.6 Å². The van der Waals surface area contributed by atoms with Gasteiger partial charge in [-0.2, -0.15) is 0 Å². The van der Waals surface area contributed by atoms with Crippen molar-refractivity contribution in [2.24, 2.45) is 5.92 Å². The van der Waals surface area contributed by atoms with E-state index in [-0.39, 0.29) is 17.7 Å². The Morgan fingerprint density at radius 3 is 2.70 bits per heavy atom. The first-order valence-electron chi connectivity index (χ1n) is 6.35. The van der Waals surface area contributed by atoms with Gasteiger partial charge >= 0.3 is 0 Å². The Balaban J connectivity index is 1.80. The van der Waals surface area contributed by atoms with E-state index in [9.17, 15) is 14.4 Å². The lowest BCUT2D eigenvalue weighted by Gasteiger charge is -2.49. The summed E-state index contributed by atoms with van der Waals surface area (Å²) in [7, 11) is 0. The molecule has 2 bridgehead atoms. The molecule has 20 heavy (non-hydrogen) atoms. The van der Waals surface area contributed by atoms with Crippen LogP contribution in [0.2, 0.25) is 0 Å². The van der Waals surface area contributed by atoms with Crippen LogP contribution in [0.5, 0.6) is 0 Å². The SMILES string of the molecule is Cc1ccc(C(=O)NC23CC(C2)C(=O)NC3=O)c(Br)c1. The van der Waals surface area contributed by atoms with Crippen LogP contribution in [0.15, 0.2) is 22.7 Å². The van der Waals surface area contributed by atoms with Gasteiger partial charge in [0.25, 0.3) is 11.8 Å². The maximum absolute atomic E-state index is 12.3. The Morgan fingerprint density at radius 1 is 1.40 bits per heavy atom. The number of rotatable bonds is 2. The smallest absolute Gasteiger partial charge is 0.253 e. The Kier molecular flexibility index (Phi) is 2.93. The molecular formula is C14H13BrN2O3. The third-order valence-corrected chi connectivity index (χ3v) is 4.61. The van der Waals surface area contributed by atoms with Gasteiger partial charge in [-0.15, -0.1) is 0 Å². The molecule has 2 saturated heterocycles. The molecule has 4 rings (SSSR count). The molecule has 1 aromatic carbocycles. The molecule has 0 radical (unpaired) electrons. The molecule has 6 heteroatoms. The molecule has 0 aromatic heterocycles. The van der Waals surface area contributed by atoms with Crippen LogP contribution in [0.3, 0.4) is 0 Å². The molecule has 0 atom stereocenters. The highest BCUT2D eigenvalue weighted by atomic mass is 79.9. The predicted octanol–water partition coefficient (Wildman–Crippen LogP) is 1.29. The summed E-state index contributed by atoms with van der Waals surface area (Å²) in [5, 5.41) is 5.07. The molecule has 1 saturated carbocycles. The van der Waals surface area contributed by atoms with Gasteiger partial charge in [0.2, 0.25) is 5.91 Å². The van der Waals surface area contributed by atoms with Gasteiger partial charge in [0, 0.05) is 10.4 Å². The van der Waals surface area contributed by atoms with Crippen LogP contribution in [-0.2, 0) is 9.59 Å². The minimum absolute atomic E-state index is 0.158. The van der Waals surface area contributed by atoms with Gasteiger partial charge < -0.3 is 5.32 Å². The van der Waals surface area contributed by atoms with Gasteiger partial charge in [-0.1, -0.05) is 6.07 Å². The number of carbonyl (C=O) groups excluding carboxylic acids is 3. The van der Waals surface area contributed by atoms with E-state index in [4.69, 9.17) is 0 Å². The van der Waals surface area contributed by atoms with E-state index in [0.29, 0.717) is 22.9 Å². The molecule has 104 valence electrons. The highest BCUT2D eigenvalue weighted by molar-refractivity contribution is 9.10. The van der Waals surface area contributed by atoms with Crippen molar-refractivity contribution in [2.75, 3.05) is 0 Å². The number of amides is 3. The zero-order valence-corrected chi connectivity index (χ0v) is 12.4. The van der Waals surface area contributed by atoms with Crippen molar-refractivity contribution < 1.29 is 14.4 Å². The normalized spacial score (nSPS) is 27.6. The molecule has 3 aliphatic rings. The fourth-order valence-corrected chi connectivity index (χ4v) is 3.41. The van der Waals surface area contributed by atoms with E-state index in [1.807, 2.05) is 19.1 Å². The van der Waals surface area contributed by atoms with Crippen molar-refractivity contribution in [2.45, 2.75) is 25.3 Å². The fourth-order valence-electron chi connectivity index (χ4n) is 2.73. The molecular weight excluding hydrogens is 324 g/mol. The van der Waals surface area contributed by atoms with Gasteiger partial charge in [0.05, 0.1) is 5.56 Å². The van der Waals surface area contributed by atoms with Crippen molar-refractivity contribution in [1.29, 1.82) is 0 Å². The third-order valence-electron chi connectivity index (χ3n) is 3.95. The van der Waals surface area contributed by atoms with Crippen LogP contribution in [0.1, 0.15) is 28.8 Å². The van der Waals surface area contributed by atoms with Crippen LogP contribution in [0.4, 0.5) is 0 Å². The first kappa shape index (κ1) is 13.3. The number of hydrogen-bond donors (Lipinski definition) is 2. The largest absolute Gasteiger partial charge is 0.338 e. The van der Waals surface area contributed by atoms with E-state index in [0.717, 1.165) is 5.56 Å². The van der Waals surface area contributed by atoms with Gasteiger partial charge in [-0.3, -0.25) is 19.7 Å². The topological polar surface area (TPSA) is 75.3 Å². The number of imide groups is 1. The summed E-state index contributed by atoms with van der Waals surface area (Å²) in [6, 6.07) is 5.40. The van der Waals surface area contributed by atoms with E-state index in [1.165, 1.54) is 0 Å². The Bertz CT molecular complexity index is 635. The average Bonchev–Trinajstić information content (AvgIpc) is 2.30. The Hall–Kier alpha value is -1.69. The summed E-state index contributed by atoms with van der Waals surface area (Å²) >= 11 is 3.35. The summed E-state index contributed by atoms with van der Waals surface area (Å²) in [5.74, 6) is -1.10. The van der Waals surface area contributed by atoms with E-state index in [2.05, 4.69) is 26.6 Å². The highest BCUT2D eigenvalue weighted by Crippen LogP contribution is 2.41. The lowest BCUT2D eigenvalue weighted by molar-refractivity contribution is -0.152. The van der Waals surface area contributed by atoms with Crippen LogP contribution in [0.25, 0.3) is 0 Å². The number of benzene rings is 1. The summed E-state index contributed by atoms with van der Waals surface area (Å²) in [6.45, 7) is 1.93. The third kappa shape index (κ3) is 1.95. The summed E-state index contributed by atoms with van der Waals surface area (Å²) in [4.78, 5) is 35.6. The monoisotopic (exact) mass is 336 g/mol. The fraction of sp³-hybridized carbons (Fsp3) is 0.357. The standard InChI is InChI=1S/C14H13BrN2O3/c1-7-2-3-9(10(15)4-7)12(19)17-14-5-8(6-14)11(18)16-13(14)20/h2-4,8H,5-6H2,1H3,(H,17,19)(H,16,18,20). The number of aryl methyl sites for hydroxylation is 1. The molecule has 2 heterocycles. The van der Waals surface area contributed by atoms with Gasteiger partial charge in [-0.25, -0.2) is 0 Å². The second-order valence-corrected chi connectivity index (χ2v) is 6.30. The molecule has 2 N–H and O–H groups in total. The molecule has 3 amide bonds. The van der Waals surface area contributed by atoms with Crippen molar-refractivity contribution >= 4 is 33.7 Å². The zero-order chi connectivity index (χ0) is 14.5. The minimum Gasteiger partial charge on any atom is -0.338 e. The minimum atomic E-state index is -0.917. The highest BCUT2D eigenvalue weighted by Gasteiger charge is 2.58. The maximum Gasteiger partial charge on any atom is 0.253 e. The summed E-state index contributed by atoms with van der Waals surface area (Å²) in [6.07, 6.45) is 0.791. The van der Waals surface area contributed by atoms with Crippen molar-refractivity contribution in [3.05, 3.63) is 33.8 Å². The lowest BCUT2D eigenvalue weighted by atomic mass is 9.64. The second kappa shape index (κ2) is 4.41. The van der Waals surface area contributed by atoms with Crippen molar-refractivity contribution in [3.63, 3.8) is 0 Å². The van der Waals surface area contributed by atoms with Gasteiger partial charge in [0.1, 0.15) is 5.54 Å². The zero-order valence-electron chi connectivity index (χ0n) is 10.8. The summed E-state index contributed by atoms with van der Waals surface area (Å²) < 4.78 is 0.689. The molecule has 0 spiro atoms. The van der Waals surface area contributed by atoms with E-state index < -0.39 is 11.4 Å². The van der Waals surface area contributed by atoms with Crippen LogP contribution in [-0.4, -0.2) is 23.3 Å². The number of piperidine rings is 2. The molecule has 5 nitrogen and oxygen atoms in total. The number of fused-ring (bicyclic) bond motifs is 2. The molecule has 2 aliphatic heterocycles. The van der Waals surface area contributed by atoms with Gasteiger partial charge in [0.15, 0.2) is 0 Å². The van der Waals surface area contributed by atoms with E-state index >= 15 is 0 Å². The van der Waals surface area contributed by atoms with Crippen LogP contribution >= 0.6 is 15.9 Å². The van der Waals surface area contributed by atoms with Crippen LogP contribution < -0.4 is 10.6 Å². The summed E-state index contributed by atoms with van der Waals surface area (Å²) in [5.41, 5.74) is 0.606. The van der Waals surface area contributed by atoms with Crippen molar-refractivity contribution in [3.8, 4) is 0 Å². The first-order valence-corrected chi connectivity index (χ1v) is 7.14. The molecule has 1 aliphatic carbocycles. The first-order chi connectivity index (χ1) is 9.41. The number of halogens is 1. The number of nitrogens with one attached hydrogen (secondary N) is 2. The average molecular weight is 337 g/mol. The maximum atomic E-state index is 12.3. The van der Waals surface area contributed by atoms with Crippen LogP contribution in [0, 0.1) is 12.8 Å². The molecule has 1 aromatic rings. The Labute approximate surface area is 124 Å². The number of carbonyl (C=O) groups is 3. The molecule has 0 unspecified atom stereocenters. The Morgan fingerprint density at radius 2 is 2.10 bits per heavy atom. The number of hydrogen-bond acceptors (Lipinski definition) is 3. The predicted molar refractivity (Wildman–Crippen MR) is 74.9 cm³/mol. The lowest BCUT2D eigenvalue weighted by Crippen LogP contribution is -2.73. The molecule has 3 fully saturated rings.